The molecule has 1 aromatic heterocycles. The molecule has 1 atom stereocenters. The Kier molecular flexibility index (Phi) is 5.17. The molecule has 1 aliphatic rings. The van der Waals surface area contributed by atoms with Crippen molar-refractivity contribution in [1.82, 2.24) is 14.9 Å². The van der Waals surface area contributed by atoms with Crippen LogP contribution in [0.5, 0.6) is 0 Å². The molecule has 0 aromatic carbocycles. The van der Waals surface area contributed by atoms with Gasteiger partial charge in [0, 0.05) is 37.4 Å². The van der Waals surface area contributed by atoms with Gasteiger partial charge in [0.2, 0.25) is 0 Å². The van der Waals surface area contributed by atoms with Crippen LogP contribution in [0.1, 0.15) is 56.8 Å². The van der Waals surface area contributed by atoms with Gasteiger partial charge in [0.1, 0.15) is 11.9 Å². The number of morpholine rings is 1. The lowest BCUT2D eigenvalue weighted by Crippen LogP contribution is -2.42. The molecule has 5 nitrogen and oxygen atoms in total. The molecule has 1 aromatic rings. The van der Waals surface area contributed by atoms with Gasteiger partial charge in [-0.05, 0) is 26.7 Å². The van der Waals surface area contributed by atoms with Crippen LogP contribution in [0, 0.1) is 6.92 Å². The molecule has 118 valence electrons. The van der Waals surface area contributed by atoms with Crippen LogP contribution in [0.15, 0.2) is 0 Å². The van der Waals surface area contributed by atoms with Gasteiger partial charge in [-0.25, -0.2) is 9.97 Å². The number of rotatable bonds is 4. The van der Waals surface area contributed by atoms with Crippen LogP contribution in [-0.2, 0) is 4.74 Å². The van der Waals surface area contributed by atoms with Gasteiger partial charge in [-0.15, -0.1) is 0 Å². The minimum absolute atomic E-state index is 0.0341. The number of nitrogens with one attached hydrogen (secondary N) is 1. The van der Waals surface area contributed by atoms with Crippen LogP contribution in [0.25, 0.3) is 0 Å². The van der Waals surface area contributed by atoms with E-state index in [-0.39, 0.29) is 6.10 Å². The SMILES string of the molecule is CNc1nc(C2CN(C(C)C)CCO2)nc(C)c1C(C)C. The van der Waals surface area contributed by atoms with Gasteiger partial charge >= 0.3 is 0 Å². The van der Waals surface area contributed by atoms with Crippen molar-refractivity contribution in [1.29, 1.82) is 0 Å². The first-order valence-electron chi connectivity index (χ1n) is 7.85. The first kappa shape index (κ1) is 16.2. The Labute approximate surface area is 128 Å². The van der Waals surface area contributed by atoms with Gasteiger partial charge in [-0.3, -0.25) is 4.90 Å². The molecule has 0 bridgehead atoms. The second-order valence-corrected chi connectivity index (χ2v) is 6.28. The van der Waals surface area contributed by atoms with Crippen molar-refractivity contribution in [3.8, 4) is 0 Å². The predicted octanol–water partition coefficient (Wildman–Crippen LogP) is 2.73. The van der Waals surface area contributed by atoms with Crippen LogP contribution in [-0.4, -0.2) is 47.7 Å². The summed E-state index contributed by atoms with van der Waals surface area (Å²) in [6.45, 7) is 13.4. The number of anilines is 1. The lowest BCUT2D eigenvalue weighted by Gasteiger charge is -2.35. The highest BCUT2D eigenvalue weighted by molar-refractivity contribution is 5.48. The monoisotopic (exact) mass is 292 g/mol. The number of hydrogen-bond donors (Lipinski definition) is 1. The molecule has 21 heavy (non-hydrogen) atoms. The number of aromatic nitrogens is 2. The number of nitrogens with zero attached hydrogens (tertiary/aromatic N) is 3. The smallest absolute Gasteiger partial charge is 0.161 e. The maximum atomic E-state index is 5.90. The third kappa shape index (κ3) is 3.52. The summed E-state index contributed by atoms with van der Waals surface area (Å²) in [7, 11) is 1.92. The Hall–Kier alpha value is -1.20. The normalized spacial score (nSPS) is 20.3. The summed E-state index contributed by atoms with van der Waals surface area (Å²) < 4.78 is 5.90. The molecule has 1 fully saturated rings. The van der Waals surface area contributed by atoms with Crippen LogP contribution < -0.4 is 5.32 Å². The fourth-order valence-electron chi connectivity index (χ4n) is 2.92. The van der Waals surface area contributed by atoms with E-state index in [1.807, 2.05) is 7.05 Å². The molecule has 1 N–H and O–H groups in total. The number of aryl methyl sites for hydroxylation is 1. The number of ether oxygens (including phenoxy) is 1. The molecule has 0 amide bonds. The van der Waals surface area contributed by atoms with Crippen molar-refractivity contribution in [2.45, 2.75) is 52.7 Å². The number of hydrogen-bond acceptors (Lipinski definition) is 5. The Bertz CT molecular complexity index is 487. The zero-order valence-corrected chi connectivity index (χ0v) is 14.1. The topological polar surface area (TPSA) is 50.3 Å². The largest absolute Gasteiger partial charge is 0.373 e. The van der Waals surface area contributed by atoms with Crippen LogP contribution in [0.3, 0.4) is 0 Å². The third-order valence-corrected chi connectivity index (χ3v) is 4.08. The van der Waals surface area contributed by atoms with E-state index in [9.17, 15) is 0 Å². The lowest BCUT2D eigenvalue weighted by atomic mass is 10.0. The highest BCUT2D eigenvalue weighted by Crippen LogP contribution is 2.28. The Morgan fingerprint density at radius 3 is 2.52 bits per heavy atom. The average Bonchev–Trinajstić information content (AvgIpc) is 2.45. The maximum absolute atomic E-state index is 5.90. The molecule has 2 heterocycles. The molecular formula is C16H28N4O. The fourth-order valence-corrected chi connectivity index (χ4v) is 2.92. The summed E-state index contributed by atoms with van der Waals surface area (Å²) in [5.74, 6) is 2.13. The third-order valence-electron chi connectivity index (χ3n) is 4.08. The molecular weight excluding hydrogens is 264 g/mol. The van der Waals surface area contributed by atoms with Gasteiger partial charge in [0.25, 0.3) is 0 Å². The molecule has 2 rings (SSSR count). The van der Waals surface area contributed by atoms with Crippen molar-refractivity contribution in [3.05, 3.63) is 17.1 Å². The van der Waals surface area contributed by atoms with Gasteiger partial charge in [-0.1, -0.05) is 13.8 Å². The van der Waals surface area contributed by atoms with Gasteiger partial charge in [-0.2, -0.15) is 0 Å². The van der Waals surface area contributed by atoms with Crippen molar-refractivity contribution >= 4 is 5.82 Å². The van der Waals surface area contributed by atoms with Gasteiger partial charge < -0.3 is 10.1 Å². The van der Waals surface area contributed by atoms with Crippen LogP contribution in [0.2, 0.25) is 0 Å². The minimum Gasteiger partial charge on any atom is -0.373 e. The molecule has 5 heteroatoms. The van der Waals surface area contributed by atoms with E-state index in [2.05, 4.69) is 44.8 Å². The van der Waals surface area contributed by atoms with Gasteiger partial charge in [0.15, 0.2) is 5.82 Å². The molecule has 1 unspecified atom stereocenters. The van der Waals surface area contributed by atoms with Crippen molar-refractivity contribution in [3.63, 3.8) is 0 Å². The molecule has 0 spiro atoms. The summed E-state index contributed by atoms with van der Waals surface area (Å²) in [6.07, 6.45) is -0.0341. The van der Waals surface area contributed by atoms with E-state index >= 15 is 0 Å². The maximum Gasteiger partial charge on any atom is 0.161 e. The lowest BCUT2D eigenvalue weighted by molar-refractivity contribution is -0.0443. The molecule has 0 aliphatic carbocycles. The van der Waals surface area contributed by atoms with Crippen molar-refractivity contribution < 1.29 is 4.74 Å². The summed E-state index contributed by atoms with van der Waals surface area (Å²) in [6, 6.07) is 0.524. The van der Waals surface area contributed by atoms with Gasteiger partial charge in [0.05, 0.1) is 6.61 Å². The predicted molar refractivity (Wildman–Crippen MR) is 85.8 cm³/mol. The van der Waals surface area contributed by atoms with Crippen molar-refractivity contribution in [2.75, 3.05) is 32.1 Å². The summed E-state index contributed by atoms with van der Waals surface area (Å²) in [4.78, 5) is 11.9. The molecule has 1 saturated heterocycles. The Morgan fingerprint density at radius 2 is 1.95 bits per heavy atom. The highest BCUT2D eigenvalue weighted by Gasteiger charge is 2.27. The van der Waals surface area contributed by atoms with E-state index in [4.69, 9.17) is 14.7 Å². The Balaban J connectivity index is 2.30. The van der Waals surface area contributed by atoms with Crippen molar-refractivity contribution in [2.24, 2.45) is 0 Å². The van der Waals surface area contributed by atoms with E-state index in [0.717, 1.165) is 37.0 Å². The second kappa shape index (κ2) is 6.71. The summed E-state index contributed by atoms with van der Waals surface area (Å²) in [5.41, 5.74) is 2.24. The molecule has 0 saturated carbocycles. The zero-order chi connectivity index (χ0) is 15.6. The Morgan fingerprint density at radius 1 is 1.24 bits per heavy atom. The minimum atomic E-state index is -0.0341. The summed E-state index contributed by atoms with van der Waals surface area (Å²) in [5, 5.41) is 3.21. The quantitative estimate of drug-likeness (QED) is 0.924. The summed E-state index contributed by atoms with van der Waals surface area (Å²) >= 11 is 0. The standard InChI is InChI=1S/C16H28N4O/c1-10(2)14-12(5)18-15(19-16(14)17-6)13-9-20(11(3)4)7-8-21-13/h10-11,13H,7-9H2,1-6H3,(H,17,18,19). The van der Waals surface area contributed by atoms with E-state index in [1.165, 1.54) is 5.56 Å². The fraction of sp³-hybridized carbons (Fsp3) is 0.750. The van der Waals surface area contributed by atoms with Crippen LogP contribution in [0.4, 0.5) is 5.82 Å². The zero-order valence-electron chi connectivity index (χ0n) is 14.1. The average molecular weight is 292 g/mol. The van der Waals surface area contributed by atoms with E-state index in [0.29, 0.717) is 12.0 Å². The first-order valence-corrected chi connectivity index (χ1v) is 7.85. The first-order chi connectivity index (χ1) is 9.93. The van der Waals surface area contributed by atoms with E-state index < -0.39 is 0 Å². The second-order valence-electron chi connectivity index (χ2n) is 6.28. The van der Waals surface area contributed by atoms with Crippen LogP contribution >= 0.6 is 0 Å². The molecule has 1 aliphatic heterocycles. The highest BCUT2D eigenvalue weighted by atomic mass is 16.5. The molecule has 0 radical (unpaired) electrons. The van der Waals surface area contributed by atoms with E-state index in [1.54, 1.807) is 0 Å².